The van der Waals surface area contributed by atoms with E-state index in [0.717, 1.165) is 10.9 Å². The predicted octanol–water partition coefficient (Wildman–Crippen LogP) is 3.13. The number of hydrogen-bond donors (Lipinski definition) is 1. The second-order valence-electron chi connectivity index (χ2n) is 4.91. The van der Waals surface area contributed by atoms with Crippen LogP contribution in [0.25, 0.3) is 0 Å². The minimum atomic E-state index is -3.88. The third kappa shape index (κ3) is 4.41. The summed E-state index contributed by atoms with van der Waals surface area (Å²) in [7, 11) is -3.88. The number of hydrazone groups is 1. The summed E-state index contributed by atoms with van der Waals surface area (Å²) in [6.07, 6.45) is 1.56. The Balaban J connectivity index is 2.43. The molecule has 1 N–H and O–H groups in total. The van der Waals surface area contributed by atoms with E-state index in [4.69, 9.17) is 0 Å². The maximum absolute atomic E-state index is 12.8. The third-order valence-electron chi connectivity index (χ3n) is 3.42. The molecule has 0 aliphatic heterocycles. The molecule has 8 nitrogen and oxygen atoms in total. The lowest BCUT2D eigenvalue weighted by Gasteiger charge is -2.20. The van der Waals surface area contributed by atoms with Crippen LogP contribution in [-0.2, 0) is 10.0 Å². The molecule has 1 aromatic heterocycles. The number of benzene rings is 1. The molecule has 0 amide bonds. The smallest absolute Gasteiger partial charge is 0.270 e. The first-order valence-corrected chi connectivity index (χ1v) is 9.83. The van der Waals surface area contributed by atoms with Gasteiger partial charge in [0.25, 0.3) is 5.69 Å². The highest BCUT2D eigenvalue weighted by molar-refractivity contribution is 7.89. The Morgan fingerprint density at radius 3 is 2.60 bits per heavy atom. The molecule has 0 saturated carbocycles. The second-order valence-corrected chi connectivity index (χ2v) is 7.80. The zero-order valence-electron chi connectivity index (χ0n) is 13.7. The average molecular weight is 382 g/mol. The maximum atomic E-state index is 12.8. The van der Waals surface area contributed by atoms with Gasteiger partial charge < -0.3 is 0 Å². The van der Waals surface area contributed by atoms with Crippen molar-refractivity contribution in [1.29, 1.82) is 0 Å². The molecule has 2 rings (SSSR count). The summed E-state index contributed by atoms with van der Waals surface area (Å²) in [5, 5.41) is 16.9. The maximum Gasteiger partial charge on any atom is 0.270 e. The molecule has 1 heterocycles. The fraction of sp³-hybridized carbons (Fsp3) is 0.267. The van der Waals surface area contributed by atoms with Crippen LogP contribution in [0.4, 0.5) is 11.4 Å². The topological polar surface area (TPSA) is 105 Å². The first-order valence-electron chi connectivity index (χ1n) is 7.51. The summed E-state index contributed by atoms with van der Waals surface area (Å²) in [6.45, 7) is 3.94. The zero-order chi connectivity index (χ0) is 18.4. The van der Waals surface area contributed by atoms with E-state index < -0.39 is 14.9 Å². The highest BCUT2D eigenvalue weighted by Crippen LogP contribution is 2.29. The van der Waals surface area contributed by atoms with Crippen LogP contribution >= 0.6 is 11.3 Å². The van der Waals surface area contributed by atoms with Crippen LogP contribution < -0.4 is 5.43 Å². The van der Waals surface area contributed by atoms with Crippen molar-refractivity contribution >= 4 is 38.9 Å². The van der Waals surface area contributed by atoms with E-state index in [0.29, 0.717) is 0 Å². The van der Waals surface area contributed by atoms with Crippen LogP contribution in [0.2, 0.25) is 0 Å². The van der Waals surface area contributed by atoms with Gasteiger partial charge in [-0.05, 0) is 17.5 Å². The van der Waals surface area contributed by atoms with Gasteiger partial charge in [-0.15, -0.1) is 11.3 Å². The Labute approximate surface area is 150 Å². The van der Waals surface area contributed by atoms with Gasteiger partial charge in [-0.25, -0.2) is 8.42 Å². The standard InChI is InChI=1S/C15H18N4O4S2/c1-3-18(4-2)25(22,23)15-10-12(19(20)21)7-8-14(15)17-16-11-13-6-5-9-24-13/h5-11,17H,3-4H2,1-2H3. The van der Waals surface area contributed by atoms with Crippen LogP contribution in [0, 0.1) is 10.1 Å². The van der Waals surface area contributed by atoms with E-state index in [-0.39, 0.29) is 29.4 Å². The number of sulfonamides is 1. The summed E-state index contributed by atoms with van der Waals surface area (Å²) in [5.74, 6) is 0. The molecule has 2 aromatic rings. The molecule has 134 valence electrons. The Kier molecular flexibility index (Phi) is 6.23. The van der Waals surface area contributed by atoms with E-state index in [1.165, 1.54) is 27.8 Å². The van der Waals surface area contributed by atoms with Crippen LogP contribution in [0.15, 0.2) is 45.7 Å². The molecule has 0 fully saturated rings. The fourth-order valence-corrected chi connectivity index (χ4v) is 4.37. The van der Waals surface area contributed by atoms with Crippen LogP contribution in [0.3, 0.4) is 0 Å². The molecule has 0 unspecified atom stereocenters. The van der Waals surface area contributed by atoms with E-state index in [9.17, 15) is 18.5 Å². The molecule has 0 atom stereocenters. The number of nitrogens with one attached hydrogen (secondary N) is 1. The molecule has 0 saturated heterocycles. The van der Waals surface area contributed by atoms with E-state index in [1.54, 1.807) is 20.1 Å². The predicted molar refractivity (Wildman–Crippen MR) is 98.7 cm³/mol. The number of thiophene rings is 1. The minimum Gasteiger partial charge on any atom is -0.277 e. The lowest BCUT2D eigenvalue weighted by molar-refractivity contribution is -0.385. The number of rotatable bonds is 8. The van der Waals surface area contributed by atoms with Gasteiger partial charge in [-0.1, -0.05) is 19.9 Å². The molecule has 0 bridgehead atoms. The first-order chi connectivity index (χ1) is 11.9. The Morgan fingerprint density at radius 2 is 2.04 bits per heavy atom. The van der Waals surface area contributed by atoms with Gasteiger partial charge in [-0.3, -0.25) is 15.5 Å². The Bertz CT molecular complexity index is 860. The van der Waals surface area contributed by atoms with Gasteiger partial charge in [0, 0.05) is 30.1 Å². The molecule has 0 radical (unpaired) electrons. The fourth-order valence-electron chi connectivity index (χ4n) is 2.16. The molecule has 0 aliphatic carbocycles. The molecular weight excluding hydrogens is 364 g/mol. The van der Waals surface area contributed by atoms with E-state index in [1.807, 2.05) is 17.5 Å². The monoisotopic (exact) mass is 382 g/mol. The number of nitro groups is 1. The zero-order valence-corrected chi connectivity index (χ0v) is 15.4. The van der Waals surface area contributed by atoms with Gasteiger partial charge >= 0.3 is 0 Å². The van der Waals surface area contributed by atoms with Crippen molar-refractivity contribution in [2.24, 2.45) is 5.10 Å². The third-order valence-corrected chi connectivity index (χ3v) is 6.32. The normalized spacial score (nSPS) is 12.0. The van der Waals surface area contributed by atoms with Crippen molar-refractivity contribution in [3.8, 4) is 0 Å². The summed E-state index contributed by atoms with van der Waals surface area (Å²) in [4.78, 5) is 11.1. The van der Waals surface area contributed by atoms with Crippen molar-refractivity contribution in [2.75, 3.05) is 18.5 Å². The van der Waals surface area contributed by atoms with E-state index >= 15 is 0 Å². The van der Waals surface area contributed by atoms with Gasteiger partial charge in [0.1, 0.15) is 4.90 Å². The number of nitro benzene ring substituents is 1. The van der Waals surface area contributed by atoms with Gasteiger partial charge in [0.05, 0.1) is 16.8 Å². The van der Waals surface area contributed by atoms with Crippen LogP contribution in [-0.4, -0.2) is 37.0 Å². The highest BCUT2D eigenvalue weighted by Gasteiger charge is 2.27. The minimum absolute atomic E-state index is 0.172. The molecule has 0 aliphatic rings. The summed E-state index contributed by atoms with van der Waals surface area (Å²) in [6, 6.07) is 7.37. The number of non-ortho nitro benzene ring substituents is 1. The van der Waals surface area contributed by atoms with Crippen molar-refractivity contribution in [3.63, 3.8) is 0 Å². The number of nitrogens with zero attached hydrogens (tertiary/aromatic N) is 3. The van der Waals surface area contributed by atoms with Gasteiger partial charge in [0.2, 0.25) is 10.0 Å². The number of hydrogen-bond acceptors (Lipinski definition) is 7. The molecule has 1 aromatic carbocycles. The lowest BCUT2D eigenvalue weighted by Crippen LogP contribution is -2.31. The van der Waals surface area contributed by atoms with Crippen molar-refractivity contribution < 1.29 is 13.3 Å². The van der Waals surface area contributed by atoms with Crippen molar-refractivity contribution in [1.82, 2.24) is 4.31 Å². The average Bonchev–Trinajstić information content (AvgIpc) is 3.09. The summed E-state index contributed by atoms with van der Waals surface area (Å²) >= 11 is 1.48. The molecular formula is C15H18N4O4S2. The molecule has 25 heavy (non-hydrogen) atoms. The van der Waals surface area contributed by atoms with Crippen LogP contribution in [0.1, 0.15) is 18.7 Å². The van der Waals surface area contributed by atoms with Crippen molar-refractivity contribution in [3.05, 3.63) is 50.7 Å². The molecule has 0 spiro atoms. The number of anilines is 1. The molecule has 10 heteroatoms. The van der Waals surface area contributed by atoms with Crippen LogP contribution in [0.5, 0.6) is 0 Å². The van der Waals surface area contributed by atoms with Gasteiger partial charge in [0.15, 0.2) is 0 Å². The Morgan fingerprint density at radius 1 is 1.32 bits per heavy atom. The highest BCUT2D eigenvalue weighted by atomic mass is 32.2. The lowest BCUT2D eigenvalue weighted by atomic mass is 10.3. The summed E-state index contributed by atoms with van der Waals surface area (Å²) < 4.78 is 26.8. The second kappa shape index (κ2) is 8.19. The quantitative estimate of drug-likeness (QED) is 0.429. The summed E-state index contributed by atoms with van der Waals surface area (Å²) in [5.41, 5.74) is 2.57. The first kappa shape index (κ1) is 19.0. The van der Waals surface area contributed by atoms with Gasteiger partial charge in [-0.2, -0.15) is 9.41 Å². The van der Waals surface area contributed by atoms with Crippen molar-refractivity contribution in [2.45, 2.75) is 18.7 Å². The largest absolute Gasteiger partial charge is 0.277 e. The SMILES string of the molecule is CCN(CC)S(=O)(=O)c1cc([N+](=O)[O-])ccc1NN=Cc1cccs1. The Hall–Kier alpha value is -2.30. The van der Waals surface area contributed by atoms with E-state index in [2.05, 4.69) is 10.5 Å².